The number of nitrogens with two attached hydrogens (primary N) is 1. The predicted octanol–water partition coefficient (Wildman–Crippen LogP) is 3.20. The molecule has 1 aromatic carbocycles. The fraction of sp³-hybridized carbons (Fsp3) is 0.267. The lowest BCUT2D eigenvalue weighted by Gasteiger charge is -2.26. The fourth-order valence-electron chi connectivity index (χ4n) is 2.33. The second kappa shape index (κ2) is 5.05. The third kappa shape index (κ3) is 2.63. The Labute approximate surface area is 117 Å². The normalized spacial score (nSPS) is 14.3. The van der Waals surface area contributed by atoms with E-state index >= 15 is 0 Å². The molecule has 0 aliphatic heterocycles. The van der Waals surface area contributed by atoms with Crippen molar-refractivity contribution in [2.75, 3.05) is 4.90 Å². The van der Waals surface area contributed by atoms with Crippen molar-refractivity contribution in [3.63, 3.8) is 0 Å². The molecule has 4 heteroatoms. The predicted molar refractivity (Wildman–Crippen MR) is 81.0 cm³/mol. The number of anilines is 1. The summed E-state index contributed by atoms with van der Waals surface area (Å²) in [7, 11) is 0. The standard InChI is InChI=1S/C15H17N3S/c16-15(17)13-3-1-2-4-14(13)18(12-5-6-12)9-11-7-8-19-10-11/h1-4,7-8,10,12H,5-6,9H2,(H3,16,17). The second-order valence-corrected chi connectivity index (χ2v) is 5.70. The Morgan fingerprint density at radius 2 is 2.11 bits per heavy atom. The molecular weight excluding hydrogens is 254 g/mol. The molecule has 1 saturated carbocycles. The van der Waals surface area contributed by atoms with E-state index in [1.54, 1.807) is 11.3 Å². The molecule has 0 radical (unpaired) electrons. The highest BCUT2D eigenvalue weighted by Gasteiger charge is 2.30. The van der Waals surface area contributed by atoms with Crippen molar-refractivity contribution < 1.29 is 0 Å². The van der Waals surface area contributed by atoms with E-state index < -0.39 is 0 Å². The van der Waals surface area contributed by atoms with Gasteiger partial charge in [-0.15, -0.1) is 0 Å². The molecule has 0 amide bonds. The molecule has 98 valence electrons. The van der Waals surface area contributed by atoms with Crippen molar-refractivity contribution >= 4 is 22.9 Å². The van der Waals surface area contributed by atoms with E-state index in [0.717, 1.165) is 17.8 Å². The van der Waals surface area contributed by atoms with Crippen LogP contribution in [0.2, 0.25) is 0 Å². The van der Waals surface area contributed by atoms with Gasteiger partial charge in [0.2, 0.25) is 0 Å². The van der Waals surface area contributed by atoms with Gasteiger partial charge in [-0.2, -0.15) is 11.3 Å². The lowest BCUT2D eigenvalue weighted by Crippen LogP contribution is -2.27. The molecule has 1 heterocycles. The van der Waals surface area contributed by atoms with Crippen LogP contribution in [0.15, 0.2) is 41.1 Å². The molecule has 2 aromatic rings. The minimum absolute atomic E-state index is 0.145. The van der Waals surface area contributed by atoms with Crippen LogP contribution in [0.4, 0.5) is 5.69 Å². The highest BCUT2D eigenvalue weighted by molar-refractivity contribution is 7.07. The van der Waals surface area contributed by atoms with E-state index in [9.17, 15) is 0 Å². The first-order valence-electron chi connectivity index (χ1n) is 6.47. The first-order chi connectivity index (χ1) is 9.25. The summed E-state index contributed by atoms with van der Waals surface area (Å²) in [5.41, 5.74) is 8.96. The van der Waals surface area contributed by atoms with Gasteiger partial charge >= 0.3 is 0 Å². The lowest BCUT2D eigenvalue weighted by atomic mass is 10.1. The number of amidine groups is 1. The average molecular weight is 271 g/mol. The number of hydrogen-bond acceptors (Lipinski definition) is 3. The van der Waals surface area contributed by atoms with Gasteiger partial charge in [0.15, 0.2) is 0 Å². The summed E-state index contributed by atoms with van der Waals surface area (Å²) in [6.07, 6.45) is 2.47. The number of nitrogens with zero attached hydrogens (tertiary/aromatic N) is 1. The molecule has 3 nitrogen and oxygen atoms in total. The topological polar surface area (TPSA) is 53.1 Å². The first-order valence-corrected chi connectivity index (χ1v) is 7.41. The number of hydrogen-bond donors (Lipinski definition) is 2. The van der Waals surface area contributed by atoms with Gasteiger partial charge in [0.25, 0.3) is 0 Å². The smallest absolute Gasteiger partial charge is 0.124 e. The Hall–Kier alpha value is -1.81. The molecule has 19 heavy (non-hydrogen) atoms. The summed E-state index contributed by atoms with van der Waals surface area (Å²) in [5.74, 6) is 0.145. The van der Waals surface area contributed by atoms with E-state index in [0.29, 0.717) is 6.04 Å². The van der Waals surface area contributed by atoms with Crippen molar-refractivity contribution in [1.29, 1.82) is 5.41 Å². The Bertz CT molecular complexity index is 573. The summed E-state index contributed by atoms with van der Waals surface area (Å²) in [5, 5.41) is 12.0. The summed E-state index contributed by atoms with van der Waals surface area (Å²) in [6, 6.07) is 10.7. The Kier molecular flexibility index (Phi) is 3.25. The maximum Gasteiger partial charge on any atom is 0.124 e. The second-order valence-electron chi connectivity index (χ2n) is 4.92. The van der Waals surface area contributed by atoms with Crippen LogP contribution < -0.4 is 10.6 Å². The largest absolute Gasteiger partial charge is 0.384 e. The number of benzene rings is 1. The van der Waals surface area contributed by atoms with Gasteiger partial charge in [-0.25, -0.2) is 0 Å². The fourth-order valence-corrected chi connectivity index (χ4v) is 2.99. The van der Waals surface area contributed by atoms with Crippen molar-refractivity contribution in [2.45, 2.75) is 25.4 Å². The number of para-hydroxylation sites is 1. The van der Waals surface area contributed by atoms with Crippen molar-refractivity contribution in [1.82, 2.24) is 0 Å². The zero-order chi connectivity index (χ0) is 13.2. The molecule has 1 aliphatic carbocycles. The summed E-state index contributed by atoms with van der Waals surface area (Å²) < 4.78 is 0. The number of thiophene rings is 1. The van der Waals surface area contributed by atoms with E-state index in [2.05, 4.69) is 27.8 Å². The Morgan fingerprint density at radius 3 is 2.74 bits per heavy atom. The molecule has 0 spiro atoms. The van der Waals surface area contributed by atoms with Crippen LogP contribution in [0.3, 0.4) is 0 Å². The molecule has 1 fully saturated rings. The van der Waals surface area contributed by atoms with Gasteiger partial charge in [-0.3, -0.25) is 5.41 Å². The third-order valence-electron chi connectivity index (χ3n) is 3.42. The van der Waals surface area contributed by atoms with E-state index in [1.165, 1.54) is 18.4 Å². The molecule has 0 bridgehead atoms. The van der Waals surface area contributed by atoms with Gasteiger partial charge in [-0.1, -0.05) is 12.1 Å². The zero-order valence-electron chi connectivity index (χ0n) is 10.7. The van der Waals surface area contributed by atoms with Crippen molar-refractivity contribution in [3.05, 3.63) is 52.2 Å². The zero-order valence-corrected chi connectivity index (χ0v) is 11.5. The van der Waals surface area contributed by atoms with E-state index in [-0.39, 0.29) is 5.84 Å². The summed E-state index contributed by atoms with van der Waals surface area (Å²) in [6.45, 7) is 0.901. The van der Waals surface area contributed by atoms with Crippen molar-refractivity contribution in [2.24, 2.45) is 5.73 Å². The number of nitrogen functional groups attached to an aromatic ring is 1. The first kappa shape index (κ1) is 12.2. The highest BCUT2D eigenvalue weighted by atomic mass is 32.1. The summed E-state index contributed by atoms with van der Waals surface area (Å²) >= 11 is 1.73. The Balaban J connectivity index is 1.94. The van der Waals surface area contributed by atoms with Crippen LogP contribution >= 0.6 is 11.3 Å². The van der Waals surface area contributed by atoms with Crippen LogP contribution in [0, 0.1) is 5.41 Å². The number of rotatable bonds is 5. The molecule has 0 unspecified atom stereocenters. The van der Waals surface area contributed by atoms with Crippen LogP contribution in [-0.4, -0.2) is 11.9 Å². The van der Waals surface area contributed by atoms with Crippen molar-refractivity contribution in [3.8, 4) is 0 Å². The average Bonchev–Trinajstić information content (AvgIpc) is 3.13. The van der Waals surface area contributed by atoms with Gasteiger partial charge in [0, 0.05) is 23.8 Å². The van der Waals surface area contributed by atoms with Gasteiger partial charge < -0.3 is 10.6 Å². The molecule has 1 aromatic heterocycles. The Morgan fingerprint density at radius 1 is 1.32 bits per heavy atom. The van der Waals surface area contributed by atoms with Gasteiger partial charge in [-0.05, 0) is 47.4 Å². The third-order valence-corrected chi connectivity index (χ3v) is 4.16. The molecule has 3 rings (SSSR count). The quantitative estimate of drug-likeness (QED) is 0.648. The van der Waals surface area contributed by atoms with Gasteiger partial charge in [0.05, 0.1) is 0 Å². The summed E-state index contributed by atoms with van der Waals surface area (Å²) in [4.78, 5) is 2.39. The van der Waals surface area contributed by atoms with E-state index in [4.69, 9.17) is 11.1 Å². The minimum atomic E-state index is 0.145. The molecule has 3 N–H and O–H groups in total. The lowest BCUT2D eigenvalue weighted by molar-refractivity contribution is 0.795. The highest BCUT2D eigenvalue weighted by Crippen LogP contribution is 2.35. The molecule has 0 saturated heterocycles. The monoisotopic (exact) mass is 271 g/mol. The maximum atomic E-state index is 7.73. The molecule has 0 atom stereocenters. The maximum absolute atomic E-state index is 7.73. The van der Waals surface area contributed by atoms with Crippen LogP contribution in [0.25, 0.3) is 0 Å². The SMILES string of the molecule is N=C(N)c1ccccc1N(Cc1ccsc1)C1CC1. The molecule has 1 aliphatic rings. The van der Waals surface area contributed by atoms with Crippen LogP contribution in [0.5, 0.6) is 0 Å². The van der Waals surface area contributed by atoms with Gasteiger partial charge in [0.1, 0.15) is 5.84 Å². The number of nitrogens with one attached hydrogen (secondary N) is 1. The molecular formula is C15H17N3S. The van der Waals surface area contributed by atoms with E-state index in [1.807, 2.05) is 18.2 Å². The minimum Gasteiger partial charge on any atom is -0.384 e. The van der Waals surface area contributed by atoms with Crippen LogP contribution in [0.1, 0.15) is 24.0 Å². The van der Waals surface area contributed by atoms with Crippen LogP contribution in [-0.2, 0) is 6.54 Å².